The van der Waals surface area contributed by atoms with Crippen LogP contribution in [0.5, 0.6) is 0 Å². The fourth-order valence-electron chi connectivity index (χ4n) is 2.96. The maximum absolute atomic E-state index is 12.5. The first-order chi connectivity index (χ1) is 14.6. The van der Waals surface area contributed by atoms with Gasteiger partial charge in [-0.1, -0.05) is 42.1 Å². The molecule has 1 aliphatic carbocycles. The SMILES string of the molecule is CC(Sc1nnc(-c2cccnc2)n1C1CC1)C(=O)NC(=O)NCc1ccccc1. The van der Waals surface area contributed by atoms with Crippen molar-refractivity contribution >= 4 is 23.7 Å². The van der Waals surface area contributed by atoms with Crippen LogP contribution in [0.15, 0.2) is 60.0 Å². The predicted molar refractivity (Wildman–Crippen MR) is 114 cm³/mol. The van der Waals surface area contributed by atoms with Gasteiger partial charge >= 0.3 is 6.03 Å². The van der Waals surface area contributed by atoms with Crippen LogP contribution in [-0.2, 0) is 11.3 Å². The van der Waals surface area contributed by atoms with E-state index in [1.54, 1.807) is 19.3 Å². The molecule has 0 saturated heterocycles. The zero-order chi connectivity index (χ0) is 20.9. The second-order valence-electron chi connectivity index (χ2n) is 7.07. The minimum absolute atomic E-state index is 0.335. The number of hydrogen-bond acceptors (Lipinski definition) is 6. The Morgan fingerprint density at radius 1 is 1.17 bits per heavy atom. The average Bonchev–Trinajstić information content (AvgIpc) is 3.53. The van der Waals surface area contributed by atoms with E-state index in [4.69, 9.17) is 0 Å². The van der Waals surface area contributed by atoms with Crippen LogP contribution in [0, 0.1) is 0 Å². The number of carbonyl (C=O) groups is 2. The zero-order valence-electron chi connectivity index (χ0n) is 16.5. The molecule has 8 nitrogen and oxygen atoms in total. The summed E-state index contributed by atoms with van der Waals surface area (Å²) in [5, 5.41) is 13.9. The van der Waals surface area contributed by atoms with E-state index in [9.17, 15) is 9.59 Å². The van der Waals surface area contributed by atoms with Gasteiger partial charge in [-0.05, 0) is 37.5 Å². The van der Waals surface area contributed by atoms with Crippen molar-refractivity contribution in [3.05, 3.63) is 60.4 Å². The van der Waals surface area contributed by atoms with Crippen molar-refractivity contribution in [2.24, 2.45) is 0 Å². The normalized spacial score (nSPS) is 14.2. The quantitative estimate of drug-likeness (QED) is 0.567. The Morgan fingerprint density at radius 2 is 1.97 bits per heavy atom. The minimum Gasteiger partial charge on any atom is -0.334 e. The van der Waals surface area contributed by atoms with Gasteiger partial charge in [0.2, 0.25) is 5.91 Å². The highest BCUT2D eigenvalue weighted by atomic mass is 32.2. The average molecular weight is 423 g/mol. The molecule has 1 saturated carbocycles. The smallest absolute Gasteiger partial charge is 0.321 e. The first-order valence-electron chi connectivity index (χ1n) is 9.76. The number of nitrogens with zero attached hydrogens (tertiary/aromatic N) is 4. The van der Waals surface area contributed by atoms with Gasteiger partial charge in [-0.2, -0.15) is 0 Å². The highest BCUT2D eigenvalue weighted by Gasteiger charge is 2.31. The van der Waals surface area contributed by atoms with Crippen LogP contribution in [0.4, 0.5) is 4.79 Å². The number of aromatic nitrogens is 4. The maximum Gasteiger partial charge on any atom is 0.321 e. The summed E-state index contributed by atoms with van der Waals surface area (Å²) < 4.78 is 2.07. The van der Waals surface area contributed by atoms with Gasteiger partial charge in [-0.15, -0.1) is 10.2 Å². The lowest BCUT2D eigenvalue weighted by Gasteiger charge is -2.13. The molecule has 2 aromatic heterocycles. The highest BCUT2D eigenvalue weighted by molar-refractivity contribution is 8.00. The van der Waals surface area contributed by atoms with Crippen molar-refractivity contribution in [1.82, 2.24) is 30.4 Å². The molecule has 154 valence electrons. The lowest BCUT2D eigenvalue weighted by atomic mass is 10.2. The van der Waals surface area contributed by atoms with Gasteiger partial charge in [0.1, 0.15) is 0 Å². The first-order valence-corrected chi connectivity index (χ1v) is 10.6. The molecule has 0 bridgehead atoms. The molecule has 3 aromatic rings. The number of benzene rings is 1. The molecule has 2 heterocycles. The van der Waals surface area contributed by atoms with Crippen LogP contribution in [-0.4, -0.2) is 36.9 Å². The predicted octanol–water partition coefficient (Wildman–Crippen LogP) is 3.18. The highest BCUT2D eigenvalue weighted by Crippen LogP contribution is 2.41. The summed E-state index contributed by atoms with van der Waals surface area (Å²) in [6.07, 6.45) is 5.58. The number of hydrogen-bond donors (Lipinski definition) is 2. The molecular weight excluding hydrogens is 400 g/mol. The number of amides is 3. The zero-order valence-corrected chi connectivity index (χ0v) is 17.3. The van der Waals surface area contributed by atoms with E-state index < -0.39 is 11.3 Å². The number of imide groups is 1. The van der Waals surface area contributed by atoms with E-state index in [0.717, 1.165) is 29.8 Å². The van der Waals surface area contributed by atoms with Crippen LogP contribution in [0.1, 0.15) is 31.4 Å². The Kier molecular flexibility index (Phi) is 6.08. The van der Waals surface area contributed by atoms with Gasteiger partial charge in [0.15, 0.2) is 11.0 Å². The third kappa shape index (κ3) is 4.85. The maximum atomic E-state index is 12.5. The van der Waals surface area contributed by atoms with E-state index in [0.29, 0.717) is 17.7 Å². The summed E-state index contributed by atoms with van der Waals surface area (Å²) in [5.41, 5.74) is 1.85. The van der Waals surface area contributed by atoms with E-state index in [2.05, 4.69) is 30.4 Å². The Labute approximate surface area is 178 Å². The lowest BCUT2D eigenvalue weighted by Crippen LogP contribution is -2.42. The third-order valence-corrected chi connectivity index (χ3v) is 5.74. The molecule has 1 fully saturated rings. The molecule has 1 atom stereocenters. The number of carbonyl (C=O) groups excluding carboxylic acids is 2. The van der Waals surface area contributed by atoms with Crippen molar-refractivity contribution in [2.75, 3.05) is 0 Å². The van der Waals surface area contributed by atoms with Gasteiger partial charge in [-0.3, -0.25) is 19.7 Å². The molecule has 1 aliphatic rings. The molecule has 30 heavy (non-hydrogen) atoms. The van der Waals surface area contributed by atoms with Crippen molar-refractivity contribution < 1.29 is 9.59 Å². The van der Waals surface area contributed by atoms with Crippen LogP contribution in [0.3, 0.4) is 0 Å². The molecule has 1 unspecified atom stereocenters. The van der Waals surface area contributed by atoms with E-state index in [1.165, 1.54) is 11.8 Å². The van der Waals surface area contributed by atoms with E-state index >= 15 is 0 Å². The van der Waals surface area contributed by atoms with Gasteiger partial charge in [-0.25, -0.2) is 4.79 Å². The largest absolute Gasteiger partial charge is 0.334 e. The van der Waals surface area contributed by atoms with E-state index in [1.807, 2.05) is 42.5 Å². The Bertz CT molecular complexity index is 1020. The molecule has 2 N–H and O–H groups in total. The number of pyridine rings is 1. The second kappa shape index (κ2) is 9.08. The van der Waals surface area contributed by atoms with Gasteiger partial charge in [0, 0.05) is 30.5 Å². The Hall–Kier alpha value is -3.20. The van der Waals surface area contributed by atoms with Crippen molar-refractivity contribution in [3.8, 4) is 11.4 Å². The molecule has 9 heteroatoms. The summed E-state index contributed by atoms with van der Waals surface area (Å²) >= 11 is 1.30. The van der Waals surface area contributed by atoms with Gasteiger partial charge in [0.25, 0.3) is 0 Å². The lowest BCUT2D eigenvalue weighted by molar-refractivity contribution is -0.119. The Balaban J connectivity index is 1.37. The topological polar surface area (TPSA) is 102 Å². The molecule has 1 aromatic carbocycles. The fourth-order valence-corrected chi connectivity index (χ4v) is 3.88. The van der Waals surface area contributed by atoms with E-state index in [-0.39, 0.29) is 5.91 Å². The summed E-state index contributed by atoms with van der Waals surface area (Å²) in [4.78, 5) is 28.7. The monoisotopic (exact) mass is 422 g/mol. The molecular formula is C21H22N6O2S. The molecule has 4 rings (SSSR count). The Morgan fingerprint density at radius 3 is 2.67 bits per heavy atom. The third-order valence-electron chi connectivity index (χ3n) is 4.68. The fraction of sp³-hybridized carbons (Fsp3) is 0.286. The summed E-state index contributed by atoms with van der Waals surface area (Å²) in [5.74, 6) is 0.375. The number of nitrogens with one attached hydrogen (secondary N) is 2. The molecule has 0 radical (unpaired) electrons. The summed E-state index contributed by atoms with van der Waals surface area (Å²) in [7, 11) is 0. The first kappa shape index (κ1) is 20.1. The second-order valence-corrected chi connectivity index (χ2v) is 8.37. The summed E-state index contributed by atoms with van der Waals surface area (Å²) in [6.45, 7) is 2.10. The van der Waals surface area contributed by atoms with Crippen molar-refractivity contribution in [2.45, 2.75) is 42.8 Å². The number of thioether (sulfide) groups is 1. The number of urea groups is 1. The van der Waals surface area contributed by atoms with Crippen molar-refractivity contribution in [3.63, 3.8) is 0 Å². The molecule has 0 spiro atoms. The minimum atomic E-state index is -0.518. The van der Waals surface area contributed by atoms with Crippen molar-refractivity contribution in [1.29, 1.82) is 0 Å². The number of rotatable bonds is 7. The molecule has 0 aliphatic heterocycles. The van der Waals surface area contributed by atoms with Crippen LogP contribution < -0.4 is 10.6 Å². The molecule has 3 amide bonds. The summed E-state index contributed by atoms with van der Waals surface area (Å²) in [6, 6.07) is 13.1. The van der Waals surface area contributed by atoms with Crippen LogP contribution in [0.25, 0.3) is 11.4 Å². The van der Waals surface area contributed by atoms with Gasteiger partial charge < -0.3 is 5.32 Å². The van der Waals surface area contributed by atoms with Gasteiger partial charge in [0.05, 0.1) is 5.25 Å². The van der Waals surface area contributed by atoms with Crippen LogP contribution in [0.2, 0.25) is 0 Å². The standard InChI is InChI=1S/C21H22N6O2S/c1-14(19(28)24-20(29)23-12-15-6-3-2-4-7-15)30-21-26-25-18(27(21)17-9-10-17)16-8-5-11-22-13-16/h2-8,11,13-14,17H,9-10,12H2,1H3,(H2,23,24,28,29). The van der Waals surface area contributed by atoms with Crippen LogP contribution >= 0.6 is 11.8 Å².